The molecular weight excluding hydrogens is 229 g/mol. The number of carbonyl (C=O) groups excluding carboxylic acids is 1. The highest BCUT2D eigenvalue weighted by molar-refractivity contribution is 5.86. The lowest BCUT2D eigenvalue weighted by atomic mass is 10.0. The largest absolute Gasteiger partial charge is 0.415 e. The van der Waals surface area contributed by atoms with E-state index in [2.05, 4.69) is 0 Å². The molecule has 5 nitrogen and oxygen atoms in total. The lowest BCUT2D eigenvalue weighted by molar-refractivity contribution is -0.188. The van der Waals surface area contributed by atoms with E-state index in [9.17, 15) is 23.1 Å². The van der Waals surface area contributed by atoms with E-state index in [4.69, 9.17) is 10.8 Å². The number of amides is 1. The van der Waals surface area contributed by atoms with Gasteiger partial charge in [-0.05, 0) is 13.8 Å². The van der Waals surface area contributed by atoms with Crippen LogP contribution in [0.25, 0.3) is 0 Å². The molecule has 8 heteroatoms. The highest BCUT2D eigenvalue weighted by Crippen LogP contribution is 2.27. The van der Waals surface area contributed by atoms with Crippen molar-refractivity contribution >= 4 is 5.91 Å². The lowest BCUT2D eigenvalue weighted by Gasteiger charge is -2.28. The van der Waals surface area contributed by atoms with Crippen molar-refractivity contribution < 1.29 is 28.2 Å². The molecule has 0 saturated heterocycles. The normalized spacial score (nSPS) is 19.8. The van der Waals surface area contributed by atoms with Crippen LogP contribution in [0.15, 0.2) is 0 Å². The summed E-state index contributed by atoms with van der Waals surface area (Å²) in [6.07, 6.45) is -4.89. The fourth-order valence-electron chi connectivity index (χ4n) is 0.639. The Labute approximate surface area is 90.4 Å². The van der Waals surface area contributed by atoms with Crippen LogP contribution in [0, 0.1) is 0 Å². The number of rotatable bonds is 4. The molecule has 16 heavy (non-hydrogen) atoms. The Kier molecular flexibility index (Phi) is 4.31. The van der Waals surface area contributed by atoms with E-state index >= 15 is 0 Å². The SMILES string of the molecule is CC(O)(CO)CNC(=O)C(C)(N)C(F)(F)F. The van der Waals surface area contributed by atoms with Crippen molar-refractivity contribution in [1.29, 1.82) is 0 Å². The summed E-state index contributed by atoms with van der Waals surface area (Å²) in [5.41, 5.74) is 0.115. The zero-order valence-corrected chi connectivity index (χ0v) is 8.93. The van der Waals surface area contributed by atoms with Gasteiger partial charge in [0.15, 0.2) is 5.54 Å². The van der Waals surface area contributed by atoms with Gasteiger partial charge in [0.25, 0.3) is 0 Å². The van der Waals surface area contributed by atoms with Crippen molar-refractivity contribution in [3.8, 4) is 0 Å². The second-order valence-electron chi connectivity index (χ2n) is 4.04. The summed E-state index contributed by atoms with van der Waals surface area (Å²) < 4.78 is 36.9. The van der Waals surface area contributed by atoms with Crippen LogP contribution in [0.1, 0.15) is 13.8 Å². The molecule has 1 amide bonds. The summed E-state index contributed by atoms with van der Waals surface area (Å²) in [5, 5.41) is 19.7. The molecule has 0 aliphatic rings. The Morgan fingerprint density at radius 1 is 1.38 bits per heavy atom. The van der Waals surface area contributed by atoms with Gasteiger partial charge in [-0.15, -0.1) is 0 Å². The molecule has 0 fully saturated rings. The van der Waals surface area contributed by atoms with Crippen LogP contribution in [0.4, 0.5) is 13.2 Å². The summed E-state index contributed by atoms with van der Waals surface area (Å²) in [7, 11) is 0. The van der Waals surface area contributed by atoms with Gasteiger partial charge in [0.05, 0.1) is 6.61 Å². The van der Waals surface area contributed by atoms with Crippen LogP contribution >= 0.6 is 0 Å². The number of nitrogens with one attached hydrogen (secondary N) is 1. The molecule has 0 spiro atoms. The lowest BCUT2D eigenvalue weighted by Crippen LogP contribution is -2.62. The summed E-state index contributed by atoms with van der Waals surface area (Å²) in [6, 6.07) is 0. The Balaban J connectivity index is 4.50. The minimum absolute atomic E-state index is 0.523. The fourth-order valence-corrected chi connectivity index (χ4v) is 0.639. The van der Waals surface area contributed by atoms with Crippen LogP contribution in [0.3, 0.4) is 0 Å². The first-order valence-electron chi connectivity index (χ1n) is 4.41. The third-order valence-corrected chi connectivity index (χ3v) is 2.03. The quantitative estimate of drug-likeness (QED) is 0.516. The van der Waals surface area contributed by atoms with Gasteiger partial charge in [-0.3, -0.25) is 4.79 Å². The van der Waals surface area contributed by atoms with Gasteiger partial charge in [0.2, 0.25) is 5.91 Å². The maximum absolute atomic E-state index is 12.3. The highest BCUT2D eigenvalue weighted by Gasteiger charge is 2.54. The number of halogens is 3. The van der Waals surface area contributed by atoms with Gasteiger partial charge in [-0.2, -0.15) is 13.2 Å². The van der Waals surface area contributed by atoms with E-state index < -0.39 is 36.4 Å². The molecule has 0 aromatic carbocycles. The average Bonchev–Trinajstić information content (AvgIpc) is 2.12. The first kappa shape index (κ1) is 15.1. The smallest absolute Gasteiger partial charge is 0.393 e. The van der Waals surface area contributed by atoms with E-state index in [0.717, 1.165) is 6.92 Å². The molecule has 0 aromatic heterocycles. The molecule has 0 radical (unpaired) electrons. The molecule has 0 heterocycles. The number of alkyl halides is 3. The molecule has 0 aromatic rings. The van der Waals surface area contributed by atoms with Gasteiger partial charge in [-0.1, -0.05) is 0 Å². The second kappa shape index (κ2) is 4.56. The first-order chi connectivity index (χ1) is 6.94. The monoisotopic (exact) mass is 244 g/mol. The molecule has 0 bridgehead atoms. The highest BCUT2D eigenvalue weighted by atomic mass is 19.4. The van der Waals surface area contributed by atoms with Crippen molar-refractivity contribution in [2.75, 3.05) is 13.2 Å². The Morgan fingerprint density at radius 2 is 1.81 bits per heavy atom. The number of carbonyl (C=O) groups is 1. The minimum Gasteiger partial charge on any atom is -0.393 e. The minimum atomic E-state index is -4.89. The average molecular weight is 244 g/mol. The van der Waals surface area contributed by atoms with Crippen LogP contribution in [0.2, 0.25) is 0 Å². The van der Waals surface area contributed by atoms with E-state index in [1.807, 2.05) is 5.32 Å². The van der Waals surface area contributed by atoms with Gasteiger partial charge in [-0.25, -0.2) is 0 Å². The Morgan fingerprint density at radius 3 is 2.12 bits per heavy atom. The van der Waals surface area contributed by atoms with E-state index in [0.29, 0.717) is 6.92 Å². The number of nitrogens with two attached hydrogens (primary N) is 1. The molecule has 5 N–H and O–H groups in total. The summed E-state index contributed by atoms with van der Waals surface area (Å²) in [4.78, 5) is 11.1. The van der Waals surface area contributed by atoms with Crippen LogP contribution in [0.5, 0.6) is 0 Å². The van der Waals surface area contributed by atoms with Crippen molar-refractivity contribution in [3.05, 3.63) is 0 Å². The standard InChI is InChI=1S/C8H15F3N2O3/c1-6(16,4-14)3-13-5(15)7(2,12)8(9,10)11/h14,16H,3-4,12H2,1-2H3,(H,13,15). The number of hydrogen-bond donors (Lipinski definition) is 4. The summed E-state index contributed by atoms with van der Waals surface area (Å²) >= 11 is 0. The Bertz CT molecular complexity index is 264. The third-order valence-electron chi connectivity index (χ3n) is 2.03. The van der Waals surface area contributed by atoms with Crippen LogP contribution in [-0.4, -0.2) is 46.6 Å². The molecular formula is C8H15F3N2O3. The van der Waals surface area contributed by atoms with Gasteiger partial charge in [0, 0.05) is 6.54 Å². The fraction of sp³-hybridized carbons (Fsp3) is 0.875. The molecule has 2 unspecified atom stereocenters. The zero-order chi connectivity index (χ0) is 13.2. The van der Waals surface area contributed by atoms with Crippen molar-refractivity contribution in [1.82, 2.24) is 5.32 Å². The molecule has 96 valence electrons. The van der Waals surface area contributed by atoms with Crippen molar-refractivity contribution in [2.45, 2.75) is 31.2 Å². The summed E-state index contributed by atoms with van der Waals surface area (Å²) in [5.74, 6) is -1.46. The number of hydrogen-bond acceptors (Lipinski definition) is 4. The van der Waals surface area contributed by atoms with Crippen molar-refractivity contribution in [2.24, 2.45) is 5.73 Å². The number of aliphatic hydroxyl groups excluding tert-OH is 1. The van der Waals surface area contributed by atoms with Gasteiger partial charge < -0.3 is 21.3 Å². The third kappa shape index (κ3) is 3.62. The van der Waals surface area contributed by atoms with Gasteiger partial charge in [0.1, 0.15) is 5.60 Å². The molecule has 0 aliphatic heterocycles. The van der Waals surface area contributed by atoms with Crippen molar-refractivity contribution in [3.63, 3.8) is 0 Å². The van der Waals surface area contributed by atoms with E-state index in [1.165, 1.54) is 0 Å². The topological polar surface area (TPSA) is 95.6 Å². The predicted molar refractivity (Wildman–Crippen MR) is 49.4 cm³/mol. The second-order valence-corrected chi connectivity index (χ2v) is 4.04. The predicted octanol–water partition coefficient (Wildman–Crippen LogP) is -0.874. The van der Waals surface area contributed by atoms with Gasteiger partial charge >= 0.3 is 6.18 Å². The first-order valence-corrected chi connectivity index (χ1v) is 4.41. The van der Waals surface area contributed by atoms with E-state index in [-0.39, 0.29) is 0 Å². The Hall–Kier alpha value is -0.860. The molecule has 0 rings (SSSR count). The maximum Gasteiger partial charge on any atom is 0.415 e. The maximum atomic E-state index is 12.3. The summed E-state index contributed by atoms with van der Waals surface area (Å²) in [6.45, 7) is 0.469. The zero-order valence-electron chi connectivity index (χ0n) is 8.93. The molecule has 0 aliphatic carbocycles. The number of aliphatic hydroxyl groups is 2. The molecule has 0 saturated carbocycles. The van der Waals surface area contributed by atoms with E-state index in [1.54, 1.807) is 0 Å². The molecule has 2 atom stereocenters. The van der Waals surface area contributed by atoms with Crippen LogP contribution < -0.4 is 11.1 Å². The van der Waals surface area contributed by atoms with Crippen LogP contribution in [-0.2, 0) is 4.79 Å².